The third-order valence-electron chi connectivity index (χ3n) is 4.31. The van der Waals surface area contributed by atoms with Gasteiger partial charge in [-0.05, 0) is 18.9 Å². The Balaban J connectivity index is 1.83. The summed E-state index contributed by atoms with van der Waals surface area (Å²) in [5.74, 6) is -0.190. The van der Waals surface area contributed by atoms with E-state index in [-0.39, 0.29) is 30.6 Å². The number of nitrogens with zero attached hydrogens (tertiary/aromatic N) is 1. The first-order valence-electron chi connectivity index (χ1n) is 6.85. The van der Waals surface area contributed by atoms with E-state index in [0.29, 0.717) is 6.42 Å². The molecule has 0 spiro atoms. The summed E-state index contributed by atoms with van der Waals surface area (Å²) in [6.07, 6.45) is 0.123. The van der Waals surface area contributed by atoms with Gasteiger partial charge in [-0.25, -0.2) is 0 Å². The van der Waals surface area contributed by atoms with E-state index in [2.05, 4.69) is 24.0 Å². The van der Waals surface area contributed by atoms with Crippen LogP contribution in [-0.4, -0.2) is 40.8 Å². The molecule has 2 saturated heterocycles. The third kappa shape index (κ3) is 2.26. The van der Waals surface area contributed by atoms with E-state index in [1.165, 1.54) is 5.56 Å². The number of fused-ring (bicyclic) bond motifs is 2. The van der Waals surface area contributed by atoms with Crippen LogP contribution >= 0.6 is 0 Å². The highest BCUT2D eigenvalue weighted by molar-refractivity contribution is 5.71. The Labute approximate surface area is 113 Å². The minimum Gasteiger partial charge on any atom is -0.459 e. The van der Waals surface area contributed by atoms with E-state index in [4.69, 9.17) is 4.74 Å². The molecule has 1 N–H and O–H groups in total. The lowest BCUT2D eigenvalue weighted by Gasteiger charge is -2.48. The predicted molar refractivity (Wildman–Crippen MR) is 70.5 cm³/mol. The molecule has 2 fully saturated rings. The van der Waals surface area contributed by atoms with Crippen LogP contribution in [0.3, 0.4) is 0 Å². The van der Waals surface area contributed by atoms with Gasteiger partial charge in [0, 0.05) is 12.6 Å². The van der Waals surface area contributed by atoms with Crippen molar-refractivity contribution in [2.45, 2.75) is 44.1 Å². The molecular weight excluding hydrogens is 242 g/mol. The number of carbonyl (C=O) groups excluding carboxylic acids is 1. The average Bonchev–Trinajstić information content (AvgIpc) is 2.41. The Morgan fingerprint density at radius 3 is 2.84 bits per heavy atom. The summed E-state index contributed by atoms with van der Waals surface area (Å²) in [6.45, 7) is 2.98. The zero-order chi connectivity index (χ0) is 13.4. The Bertz CT molecular complexity index is 462. The predicted octanol–water partition coefficient (Wildman–Crippen LogP) is 1.50. The van der Waals surface area contributed by atoms with Crippen LogP contribution in [0, 0.1) is 0 Å². The molecule has 2 heterocycles. The molecule has 2 aliphatic rings. The molecule has 0 aromatic heterocycles. The molecule has 102 valence electrons. The molecule has 3 rings (SSSR count). The minimum absolute atomic E-state index is 0.116. The number of rotatable bonds is 2. The highest BCUT2D eigenvalue weighted by Gasteiger charge is 2.45. The maximum atomic E-state index is 11.6. The van der Waals surface area contributed by atoms with Crippen LogP contribution in [0.15, 0.2) is 30.3 Å². The largest absolute Gasteiger partial charge is 0.459 e. The lowest BCUT2D eigenvalue weighted by atomic mass is 9.88. The van der Waals surface area contributed by atoms with Gasteiger partial charge in [-0.3, -0.25) is 9.69 Å². The highest BCUT2D eigenvalue weighted by Crippen LogP contribution is 2.34. The summed E-state index contributed by atoms with van der Waals surface area (Å²) < 4.78 is 5.19. The second-order valence-electron chi connectivity index (χ2n) is 5.40. The molecule has 1 aromatic carbocycles. The van der Waals surface area contributed by atoms with Crippen molar-refractivity contribution in [3.63, 3.8) is 0 Å². The number of hydrogen-bond acceptors (Lipinski definition) is 4. The van der Waals surface area contributed by atoms with E-state index in [1.807, 2.05) is 18.2 Å². The summed E-state index contributed by atoms with van der Waals surface area (Å²) in [5.41, 5.74) is 1.21. The number of aliphatic hydroxyl groups is 1. The van der Waals surface area contributed by atoms with Crippen LogP contribution in [0.25, 0.3) is 0 Å². The van der Waals surface area contributed by atoms with Crippen LogP contribution in [0.5, 0.6) is 0 Å². The molecule has 0 amide bonds. The number of aliphatic hydroxyl groups excluding tert-OH is 1. The number of carbonyl (C=O) groups is 1. The monoisotopic (exact) mass is 261 g/mol. The topological polar surface area (TPSA) is 49.8 Å². The molecule has 4 atom stereocenters. The van der Waals surface area contributed by atoms with Gasteiger partial charge in [0.25, 0.3) is 0 Å². The molecule has 0 saturated carbocycles. The quantitative estimate of drug-likeness (QED) is 0.820. The van der Waals surface area contributed by atoms with Crippen LogP contribution in [0.4, 0.5) is 0 Å². The van der Waals surface area contributed by atoms with Crippen molar-refractivity contribution in [3.05, 3.63) is 35.9 Å². The fourth-order valence-electron chi connectivity index (χ4n) is 3.22. The Morgan fingerprint density at radius 1 is 1.37 bits per heavy atom. The average molecular weight is 261 g/mol. The number of benzene rings is 1. The molecule has 2 bridgehead atoms. The smallest absolute Gasteiger partial charge is 0.307 e. The van der Waals surface area contributed by atoms with E-state index < -0.39 is 6.10 Å². The summed E-state index contributed by atoms with van der Waals surface area (Å²) in [6, 6.07) is 10.3. The van der Waals surface area contributed by atoms with Crippen LogP contribution in [0.1, 0.15) is 31.4 Å². The lowest BCUT2D eigenvalue weighted by molar-refractivity contribution is -0.185. The standard InChI is InChI=1S/C15H19NO3/c1-10(11-5-3-2-4-6-11)16-8-7-13-15(18)12(16)9-14(17)19-13/h2-6,10,12-13,15,18H,7-9H2,1H3/t10-,12+,13+,15+/m1/s1. The normalized spacial score (nSPS) is 32.7. The molecule has 19 heavy (non-hydrogen) atoms. The highest BCUT2D eigenvalue weighted by atomic mass is 16.6. The fourth-order valence-corrected chi connectivity index (χ4v) is 3.22. The maximum Gasteiger partial charge on any atom is 0.307 e. The second kappa shape index (κ2) is 4.94. The number of likely N-dealkylation sites (tertiary alicyclic amines) is 1. The second-order valence-corrected chi connectivity index (χ2v) is 5.40. The van der Waals surface area contributed by atoms with Gasteiger partial charge in [-0.15, -0.1) is 0 Å². The number of ether oxygens (including phenoxy) is 1. The van der Waals surface area contributed by atoms with E-state index in [9.17, 15) is 9.90 Å². The Hall–Kier alpha value is -1.39. The lowest BCUT2D eigenvalue weighted by Crippen LogP contribution is -2.60. The van der Waals surface area contributed by atoms with E-state index in [1.54, 1.807) is 0 Å². The fraction of sp³-hybridized carbons (Fsp3) is 0.533. The summed E-state index contributed by atoms with van der Waals surface area (Å²) >= 11 is 0. The third-order valence-corrected chi connectivity index (χ3v) is 4.31. The van der Waals surface area contributed by atoms with Gasteiger partial charge in [-0.2, -0.15) is 0 Å². The van der Waals surface area contributed by atoms with Crippen molar-refractivity contribution >= 4 is 5.97 Å². The Morgan fingerprint density at radius 2 is 2.11 bits per heavy atom. The van der Waals surface area contributed by atoms with Crippen molar-refractivity contribution in [3.8, 4) is 0 Å². The van der Waals surface area contributed by atoms with Gasteiger partial charge in [-0.1, -0.05) is 30.3 Å². The summed E-state index contributed by atoms with van der Waals surface area (Å²) in [4.78, 5) is 13.8. The number of esters is 1. The summed E-state index contributed by atoms with van der Waals surface area (Å²) in [5, 5.41) is 10.3. The van der Waals surface area contributed by atoms with Crippen molar-refractivity contribution in [1.29, 1.82) is 0 Å². The molecule has 0 radical (unpaired) electrons. The first-order valence-corrected chi connectivity index (χ1v) is 6.85. The Kier molecular flexibility index (Phi) is 3.29. The zero-order valence-corrected chi connectivity index (χ0v) is 11.0. The minimum atomic E-state index is -0.558. The maximum absolute atomic E-state index is 11.6. The zero-order valence-electron chi connectivity index (χ0n) is 11.0. The van der Waals surface area contributed by atoms with Gasteiger partial charge >= 0.3 is 5.97 Å². The van der Waals surface area contributed by atoms with Gasteiger partial charge in [0.05, 0.1) is 12.5 Å². The van der Waals surface area contributed by atoms with Crippen molar-refractivity contribution < 1.29 is 14.6 Å². The SMILES string of the molecule is C[C@H](c1ccccc1)N1CC[C@@H]2OC(=O)C[C@H]1[C@@H]2O. The molecule has 1 aromatic rings. The van der Waals surface area contributed by atoms with Crippen molar-refractivity contribution in [2.75, 3.05) is 6.54 Å². The van der Waals surface area contributed by atoms with Crippen LogP contribution in [0.2, 0.25) is 0 Å². The first kappa shape index (κ1) is 12.6. The molecule has 2 aliphatic heterocycles. The molecule has 0 aliphatic carbocycles. The summed E-state index contributed by atoms with van der Waals surface area (Å²) in [7, 11) is 0. The van der Waals surface area contributed by atoms with Crippen LogP contribution in [-0.2, 0) is 9.53 Å². The molecular formula is C15H19NO3. The van der Waals surface area contributed by atoms with Crippen molar-refractivity contribution in [1.82, 2.24) is 4.90 Å². The van der Waals surface area contributed by atoms with Gasteiger partial charge in [0.1, 0.15) is 12.2 Å². The van der Waals surface area contributed by atoms with Crippen LogP contribution < -0.4 is 0 Å². The number of piperidine rings is 1. The molecule has 0 unspecified atom stereocenters. The van der Waals surface area contributed by atoms with E-state index >= 15 is 0 Å². The van der Waals surface area contributed by atoms with E-state index in [0.717, 1.165) is 6.54 Å². The molecule has 4 nitrogen and oxygen atoms in total. The van der Waals surface area contributed by atoms with Gasteiger partial charge < -0.3 is 9.84 Å². The van der Waals surface area contributed by atoms with Gasteiger partial charge in [0.2, 0.25) is 0 Å². The molecule has 4 heteroatoms. The first-order chi connectivity index (χ1) is 9.16. The van der Waals surface area contributed by atoms with Crippen molar-refractivity contribution in [2.24, 2.45) is 0 Å². The van der Waals surface area contributed by atoms with Gasteiger partial charge in [0.15, 0.2) is 0 Å². The number of hydrogen-bond donors (Lipinski definition) is 1.